The summed E-state index contributed by atoms with van der Waals surface area (Å²) in [5.41, 5.74) is 2.64. The van der Waals surface area contributed by atoms with Gasteiger partial charge in [0.15, 0.2) is 0 Å². The summed E-state index contributed by atoms with van der Waals surface area (Å²) < 4.78 is 1.62. The molecule has 2 fully saturated rings. The number of carbonyl (C=O) groups is 2. The van der Waals surface area contributed by atoms with Crippen LogP contribution in [0.2, 0.25) is 0 Å². The van der Waals surface area contributed by atoms with Crippen molar-refractivity contribution in [1.82, 2.24) is 20.0 Å². The molecule has 1 aromatic heterocycles. The molecule has 2 N–H and O–H groups in total. The van der Waals surface area contributed by atoms with E-state index in [1.165, 1.54) is 18.5 Å². The summed E-state index contributed by atoms with van der Waals surface area (Å²) in [6.07, 6.45) is 7.47. The number of benzene rings is 1. The van der Waals surface area contributed by atoms with Gasteiger partial charge < -0.3 is 15.5 Å². The molecule has 0 aliphatic carbocycles. The first-order valence-corrected chi connectivity index (χ1v) is 10.7. The molecule has 2 aliphatic heterocycles. The first kappa shape index (κ1) is 20.4. The van der Waals surface area contributed by atoms with Crippen molar-refractivity contribution in [3.05, 3.63) is 42.2 Å². The van der Waals surface area contributed by atoms with Crippen molar-refractivity contribution in [1.29, 1.82) is 0 Å². The van der Waals surface area contributed by atoms with Crippen LogP contribution < -0.4 is 15.5 Å². The lowest BCUT2D eigenvalue weighted by Crippen LogP contribution is -2.46. The highest BCUT2D eigenvalue weighted by Gasteiger charge is 2.23. The maximum absolute atomic E-state index is 12.4. The predicted octanol–water partition coefficient (Wildman–Crippen LogP) is 1.85. The number of rotatable bonds is 6. The molecule has 0 bridgehead atoms. The monoisotopic (exact) mass is 410 g/mol. The van der Waals surface area contributed by atoms with Gasteiger partial charge in [-0.1, -0.05) is 0 Å². The van der Waals surface area contributed by atoms with Gasteiger partial charge in [-0.15, -0.1) is 0 Å². The lowest BCUT2D eigenvalue weighted by molar-refractivity contribution is -0.117. The molecule has 2 aromatic rings. The fourth-order valence-electron chi connectivity index (χ4n) is 4.18. The van der Waals surface area contributed by atoms with Crippen LogP contribution in [0.5, 0.6) is 0 Å². The van der Waals surface area contributed by atoms with Crippen LogP contribution in [0.1, 0.15) is 36.0 Å². The summed E-state index contributed by atoms with van der Waals surface area (Å²) in [6.45, 7) is 4.18. The summed E-state index contributed by atoms with van der Waals surface area (Å²) >= 11 is 0. The minimum Gasteiger partial charge on any atom is -0.372 e. The lowest BCUT2D eigenvalue weighted by Gasteiger charge is -2.31. The van der Waals surface area contributed by atoms with Gasteiger partial charge in [0, 0.05) is 56.8 Å². The quantitative estimate of drug-likeness (QED) is 0.760. The van der Waals surface area contributed by atoms with E-state index >= 15 is 0 Å². The fraction of sp³-hybridized carbons (Fsp3) is 0.500. The molecule has 2 aliphatic rings. The second-order valence-corrected chi connectivity index (χ2v) is 8.22. The van der Waals surface area contributed by atoms with Crippen molar-refractivity contribution in [3.63, 3.8) is 0 Å². The van der Waals surface area contributed by atoms with Crippen LogP contribution in [0, 0.1) is 0 Å². The minimum absolute atomic E-state index is 0.00164. The van der Waals surface area contributed by atoms with E-state index in [9.17, 15) is 9.59 Å². The second-order valence-electron chi connectivity index (χ2n) is 8.22. The van der Waals surface area contributed by atoms with Crippen LogP contribution in [-0.4, -0.2) is 65.3 Å². The van der Waals surface area contributed by atoms with Crippen LogP contribution in [0.15, 0.2) is 36.7 Å². The molecule has 160 valence electrons. The molecule has 0 atom stereocenters. The van der Waals surface area contributed by atoms with Gasteiger partial charge in [-0.3, -0.25) is 19.2 Å². The number of aryl methyl sites for hydroxylation is 1. The highest BCUT2D eigenvalue weighted by atomic mass is 16.2. The third kappa shape index (κ3) is 5.18. The molecule has 3 heterocycles. The van der Waals surface area contributed by atoms with Crippen molar-refractivity contribution in [2.45, 2.75) is 31.7 Å². The average Bonchev–Trinajstić information content (AvgIpc) is 3.42. The van der Waals surface area contributed by atoms with Crippen molar-refractivity contribution in [2.24, 2.45) is 7.05 Å². The molecule has 4 rings (SSSR count). The van der Waals surface area contributed by atoms with E-state index in [-0.39, 0.29) is 17.9 Å². The number of hydrogen-bond acceptors (Lipinski definition) is 5. The number of carbonyl (C=O) groups excluding carboxylic acids is 2. The summed E-state index contributed by atoms with van der Waals surface area (Å²) in [6, 6.07) is 8.25. The largest absolute Gasteiger partial charge is 0.372 e. The standard InChI is InChI=1S/C22H30N6O2/c1-26-15-17(14-23-26)22(30)25-19-8-12-27(13-9-19)16-21(29)24-18-4-6-20(7-5-18)28-10-2-3-11-28/h4-7,14-15,19H,2-3,8-13,16H2,1H3,(H,24,29)(H,25,30). The van der Waals surface area contributed by atoms with Gasteiger partial charge in [-0.05, 0) is 49.9 Å². The van der Waals surface area contributed by atoms with Gasteiger partial charge in [0.2, 0.25) is 5.91 Å². The topological polar surface area (TPSA) is 82.5 Å². The summed E-state index contributed by atoms with van der Waals surface area (Å²) in [5.74, 6) is -0.0848. The SMILES string of the molecule is Cn1cc(C(=O)NC2CCN(CC(=O)Nc3ccc(N4CCCC4)cc3)CC2)cn1. The Morgan fingerprint density at radius 1 is 1.07 bits per heavy atom. The van der Waals surface area contributed by atoms with Crippen molar-refractivity contribution >= 4 is 23.2 Å². The zero-order valence-electron chi connectivity index (χ0n) is 17.5. The lowest BCUT2D eigenvalue weighted by atomic mass is 10.0. The molecule has 0 saturated carbocycles. The van der Waals surface area contributed by atoms with Crippen LogP contribution >= 0.6 is 0 Å². The number of piperidine rings is 1. The van der Waals surface area contributed by atoms with E-state index in [0.717, 1.165) is 44.7 Å². The van der Waals surface area contributed by atoms with Gasteiger partial charge in [0.05, 0.1) is 18.3 Å². The maximum Gasteiger partial charge on any atom is 0.254 e. The molecule has 8 heteroatoms. The Morgan fingerprint density at radius 2 is 1.77 bits per heavy atom. The van der Waals surface area contributed by atoms with Gasteiger partial charge in [-0.2, -0.15) is 5.10 Å². The van der Waals surface area contributed by atoms with E-state index in [2.05, 4.69) is 37.7 Å². The summed E-state index contributed by atoms with van der Waals surface area (Å²) in [7, 11) is 1.79. The van der Waals surface area contributed by atoms with Gasteiger partial charge >= 0.3 is 0 Å². The van der Waals surface area contributed by atoms with E-state index in [4.69, 9.17) is 0 Å². The zero-order valence-corrected chi connectivity index (χ0v) is 17.5. The molecular weight excluding hydrogens is 380 g/mol. The van der Waals surface area contributed by atoms with E-state index in [1.54, 1.807) is 24.1 Å². The van der Waals surface area contributed by atoms with E-state index in [1.807, 2.05) is 12.1 Å². The highest BCUT2D eigenvalue weighted by Crippen LogP contribution is 2.22. The smallest absolute Gasteiger partial charge is 0.254 e. The van der Waals surface area contributed by atoms with Gasteiger partial charge in [0.25, 0.3) is 5.91 Å². The number of hydrogen-bond donors (Lipinski definition) is 2. The molecule has 0 spiro atoms. The molecule has 8 nitrogen and oxygen atoms in total. The molecule has 0 unspecified atom stereocenters. The highest BCUT2D eigenvalue weighted by molar-refractivity contribution is 5.94. The van der Waals surface area contributed by atoms with Crippen LogP contribution in [0.4, 0.5) is 11.4 Å². The van der Waals surface area contributed by atoms with Crippen LogP contribution in [0.3, 0.4) is 0 Å². The Morgan fingerprint density at radius 3 is 2.40 bits per heavy atom. The Balaban J connectivity index is 1.19. The number of nitrogens with one attached hydrogen (secondary N) is 2. The Bertz CT molecular complexity index is 864. The first-order chi connectivity index (χ1) is 14.6. The minimum atomic E-state index is -0.0864. The molecular formula is C22H30N6O2. The third-order valence-corrected chi connectivity index (χ3v) is 5.88. The molecule has 2 saturated heterocycles. The van der Waals surface area contributed by atoms with E-state index < -0.39 is 0 Å². The number of likely N-dealkylation sites (tertiary alicyclic amines) is 1. The van der Waals surface area contributed by atoms with E-state index in [0.29, 0.717) is 12.1 Å². The van der Waals surface area contributed by atoms with Crippen molar-refractivity contribution in [2.75, 3.05) is 42.9 Å². The van der Waals surface area contributed by atoms with Gasteiger partial charge in [-0.25, -0.2) is 0 Å². The predicted molar refractivity (Wildman–Crippen MR) is 117 cm³/mol. The Labute approximate surface area is 177 Å². The molecule has 0 radical (unpaired) electrons. The first-order valence-electron chi connectivity index (χ1n) is 10.7. The molecule has 1 aromatic carbocycles. The van der Waals surface area contributed by atoms with Crippen molar-refractivity contribution in [3.8, 4) is 0 Å². The zero-order chi connectivity index (χ0) is 20.9. The third-order valence-electron chi connectivity index (χ3n) is 5.88. The number of aromatic nitrogens is 2. The fourth-order valence-corrected chi connectivity index (χ4v) is 4.18. The van der Waals surface area contributed by atoms with Gasteiger partial charge in [0.1, 0.15) is 0 Å². The number of amides is 2. The normalized spacial score (nSPS) is 17.8. The summed E-state index contributed by atoms with van der Waals surface area (Å²) in [5, 5.41) is 10.1. The second kappa shape index (κ2) is 9.30. The maximum atomic E-state index is 12.4. The molecule has 30 heavy (non-hydrogen) atoms. The van der Waals surface area contributed by atoms with Crippen LogP contribution in [-0.2, 0) is 11.8 Å². The Kier molecular flexibility index (Phi) is 6.32. The summed E-state index contributed by atoms with van der Waals surface area (Å²) in [4.78, 5) is 29.2. The number of nitrogens with zero attached hydrogens (tertiary/aromatic N) is 4. The van der Waals surface area contributed by atoms with Crippen LogP contribution in [0.25, 0.3) is 0 Å². The Hall–Kier alpha value is -2.87. The number of anilines is 2. The van der Waals surface area contributed by atoms with Crippen molar-refractivity contribution < 1.29 is 9.59 Å². The average molecular weight is 411 g/mol. The molecule has 2 amide bonds.